The Kier molecular flexibility index (Phi) is 9.55. The number of nitrogens with zero attached hydrogens (tertiary/aromatic N) is 1. The molecule has 1 saturated carbocycles. The van der Waals surface area contributed by atoms with Crippen LogP contribution in [0.2, 0.25) is 0 Å². The van der Waals surface area contributed by atoms with Crippen LogP contribution in [-0.4, -0.2) is 40.8 Å². The zero-order chi connectivity index (χ0) is 28.0. The monoisotopic (exact) mass is 578 g/mol. The number of para-hydroxylation sites is 1. The highest BCUT2D eigenvalue weighted by Gasteiger charge is 2.34. The molecule has 39 heavy (non-hydrogen) atoms. The maximum Gasteiger partial charge on any atom is 0.418 e. The van der Waals surface area contributed by atoms with Gasteiger partial charge < -0.3 is 14.8 Å². The number of benzene rings is 2. The van der Waals surface area contributed by atoms with E-state index in [-0.39, 0.29) is 37.1 Å². The molecule has 11 heteroatoms. The number of nitrogens with one attached hydrogen (secondary N) is 1. The van der Waals surface area contributed by atoms with Gasteiger partial charge in [0.25, 0.3) is 5.91 Å². The van der Waals surface area contributed by atoms with Crippen LogP contribution in [0.1, 0.15) is 56.1 Å². The summed E-state index contributed by atoms with van der Waals surface area (Å²) in [6, 6.07) is 10.3. The maximum absolute atomic E-state index is 13.2. The van der Waals surface area contributed by atoms with Crippen LogP contribution in [0.4, 0.5) is 18.9 Å². The van der Waals surface area contributed by atoms with Crippen molar-refractivity contribution >= 4 is 51.9 Å². The number of thiocarbonyl (C=S) groups is 1. The minimum absolute atomic E-state index is 0.0675. The van der Waals surface area contributed by atoms with Gasteiger partial charge >= 0.3 is 6.18 Å². The van der Waals surface area contributed by atoms with E-state index in [4.69, 9.17) is 21.7 Å². The fraction of sp³-hybridized carbons (Fsp3) is 0.393. The van der Waals surface area contributed by atoms with Gasteiger partial charge in [0.1, 0.15) is 4.32 Å². The molecule has 0 radical (unpaired) electrons. The molecule has 2 amide bonds. The van der Waals surface area contributed by atoms with Gasteiger partial charge in [-0.3, -0.25) is 14.5 Å². The fourth-order valence-corrected chi connectivity index (χ4v) is 5.84. The molecule has 1 aliphatic carbocycles. The summed E-state index contributed by atoms with van der Waals surface area (Å²) in [6.45, 7) is 0.174. The van der Waals surface area contributed by atoms with Gasteiger partial charge in [0.15, 0.2) is 11.5 Å². The molecule has 1 N–H and O–H groups in total. The van der Waals surface area contributed by atoms with E-state index in [2.05, 4.69) is 5.32 Å². The highest BCUT2D eigenvalue weighted by molar-refractivity contribution is 8.26. The van der Waals surface area contributed by atoms with E-state index in [1.165, 1.54) is 29.5 Å². The number of hydrogen-bond donors (Lipinski definition) is 1. The van der Waals surface area contributed by atoms with E-state index in [1.54, 1.807) is 13.2 Å². The van der Waals surface area contributed by atoms with E-state index in [0.717, 1.165) is 49.1 Å². The second-order valence-corrected chi connectivity index (χ2v) is 11.0. The van der Waals surface area contributed by atoms with E-state index in [9.17, 15) is 22.8 Å². The minimum atomic E-state index is -4.58. The quantitative estimate of drug-likeness (QED) is 0.254. The van der Waals surface area contributed by atoms with E-state index >= 15 is 0 Å². The van der Waals surface area contributed by atoms with Crippen molar-refractivity contribution in [2.24, 2.45) is 0 Å². The van der Waals surface area contributed by atoms with Gasteiger partial charge in [-0.2, -0.15) is 13.2 Å². The van der Waals surface area contributed by atoms with Crippen LogP contribution >= 0.6 is 24.0 Å². The van der Waals surface area contributed by atoms with Crippen LogP contribution in [0.5, 0.6) is 11.5 Å². The fourth-order valence-electron chi connectivity index (χ4n) is 4.53. The van der Waals surface area contributed by atoms with Crippen molar-refractivity contribution in [3.05, 3.63) is 58.5 Å². The van der Waals surface area contributed by atoms with Crippen LogP contribution in [0.15, 0.2) is 47.4 Å². The predicted molar refractivity (Wildman–Crippen MR) is 150 cm³/mol. The van der Waals surface area contributed by atoms with Crippen LogP contribution < -0.4 is 14.8 Å². The molecule has 2 aromatic carbocycles. The Bertz CT molecular complexity index is 1260. The molecule has 1 heterocycles. The lowest BCUT2D eigenvalue weighted by Crippen LogP contribution is -2.29. The van der Waals surface area contributed by atoms with Crippen molar-refractivity contribution in [1.82, 2.24) is 4.90 Å². The molecular weight excluding hydrogens is 549 g/mol. The summed E-state index contributed by atoms with van der Waals surface area (Å²) >= 11 is 6.53. The lowest BCUT2D eigenvalue weighted by molar-refractivity contribution is -0.137. The Balaban J connectivity index is 1.34. The van der Waals surface area contributed by atoms with Gasteiger partial charge in [-0.25, -0.2) is 0 Å². The Morgan fingerprint density at radius 1 is 1.15 bits per heavy atom. The summed E-state index contributed by atoms with van der Waals surface area (Å²) in [4.78, 5) is 27.1. The van der Waals surface area contributed by atoms with Gasteiger partial charge in [-0.1, -0.05) is 48.6 Å². The number of carbonyl (C=O) groups is 2. The van der Waals surface area contributed by atoms with Crippen molar-refractivity contribution in [1.29, 1.82) is 0 Å². The molecule has 208 valence electrons. The highest BCUT2D eigenvalue weighted by atomic mass is 32.2. The molecule has 0 spiro atoms. The van der Waals surface area contributed by atoms with E-state index < -0.39 is 17.6 Å². The molecule has 2 fully saturated rings. The van der Waals surface area contributed by atoms with Crippen LogP contribution in [-0.2, 0) is 15.8 Å². The average Bonchev–Trinajstić information content (AvgIpc) is 3.17. The Morgan fingerprint density at radius 2 is 1.90 bits per heavy atom. The Hall–Kier alpha value is -3.05. The van der Waals surface area contributed by atoms with E-state index in [1.807, 2.05) is 18.2 Å². The first kappa shape index (κ1) is 28.9. The maximum atomic E-state index is 13.2. The smallest absolute Gasteiger partial charge is 0.418 e. The summed E-state index contributed by atoms with van der Waals surface area (Å²) in [5, 5.41) is 2.31. The molecule has 4 rings (SSSR count). The van der Waals surface area contributed by atoms with Crippen molar-refractivity contribution in [3.8, 4) is 11.5 Å². The molecule has 2 aliphatic rings. The highest BCUT2D eigenvalue weighted by Crippen LogP contribution is 2.37. The predicted octanol–water partition coefficient (Wildman–Crippen LogP) is 7.05. The van der Waals surface area contributed by atoms with Crippen molar-refractivity contribution < 1.29 is 32.2 Å². The average molecular weight is 579 g/mol. The molecule has 0 unspecified atom stereocenters. The second-order valence-electron chi connectivity index (χ2n) is 9.32. The number of anilines is 1. The summed E-state index contributed by atoms with van der Waals surface area (Å²) in [7, 11) is 1.57. The van der Waals surface area contributed by atoms with Gasteiger partial charge in [0, 0.05) is 13.0 Å². The van der Waals surface area contributed by atoms with Gasteiger partial charge in [-0.15, -0.1) is 0 Å². The van der Waals surface area contributed by atoms with E-state index in [0.29, 0.717) is 20.7 Å². The molecule has 1 aliphatic heterocycles. The minimum Gasteiger partial charge on any atom is -0.493 e. The summed E-state index contributed by atoms with van der Waals surface area (Å²) < 4.78 is 51.5. The zero-order valence-electron chi connectivity index (χ0n) is 21.4. The third-order valence-corrected chi connectivity index (χ3v) is 7.87. The Labute approximate surface area is 234 Å². The first-order valence-electron chi connectivity index (χ1n) is 12.7. The van der Waals surface area contributed by atoms with Crippen molar-refractivity contribution in [2.75, 3.05) is 19.0 Å². The third kappa shape index (κ3) is 7.54. The molecule has 2 aromatic rings. The standard InChI is InChI=1S/C28H29F3N2O4S2/c1-36-23-16-18(13-14-22(23)37-19-8-3-2-4-9-19)17-24-26(35)33(27(38)39-24)15-7-12-25(34)32-21-11-6-5-10-20(21)28(29,30)31/h5-6,10-11,13-14,16-17,19H,2-4,7-9,12,15H2,1H3,(H,32,34)/b24-17-. The molecule has 1 saturated heterocycles. The molecule has 0 aromatic heterocycles. The molecular formula is C28H29F3N2O4S2. The van der Waals surface area contributed by atoms with Crippen molar-refractivity contribution in [3.63, 3.8) is 0 Å². The number of methoxy groups -OCH3 is 1. The number of ether oxygens (including phenoxy) is 2. The number of thioether (sulfide) groups is 1. The van der Waals surface area contributed by atoms with Gasteiger partial charge in [0.05, 0.1) is 29.4 Å². The summed E-state index contributed by atoms with van der Waals surface area (Å²) in [5.74, 6) is 0.401. The number of amides is 2. The number of alkyl halides is 3. The topological polar surface area (TPSA) is 67.9 Å². The third-order valence-electron chi connectivity index (χ3n) is 6.50. The number of rotatable bonds is 9. The molecule has 0 atom stereocenters. The Morgan fingerprint density at radius 3 is 2.62 bits per heavy atom. The second kappa shape index (κ2) is 12.9. The van der Waals surface area contributed by atoms with Crippen LogP contribution in [0, 0.1) is 0 Å². The summed E-state index contributed by atoms with van der Waals surface area (Å²) in [6.07, 6.45) is 3.09. The number of carbonyl (C=O) groups excluding carboxylic acids is 2. The SMILES string of the molecule is COc1cc(/C=C2\SC(=S)N(CCCC(=O)Nc3ccccc3C(F)(F)F)C2=O)ccc1OC1CCCCC1. The van der Waals surface area contributed by atoms with Gasteiger partial charge in [0.2, 0.25) is 5.91 Å². The number of hydrogen-bond acceptors (Lipinski definition) is 6. The van der Waals surface area contributed by atoms with Crippen LogP contribution in [0.3, 0.4) is 0 Å². The van der Waals surface area contributed by atoms with Crippen LogP contribution in [0.25, 0.3) is 6.08 Å². The lowest BCUT2D eigenvalue weighted by atomic mass is 9.98. The normalized spacial score (nSPS) is 17.5. The zero-order valence-corrected chi connectivity index (χ0v) is 23.0. The first-order chi connectivity index (χ1) is 18.7. The number of halogens is 3. The van der Waals surface area contributed by atoms with Crippen molar-refractivity contribution in [2.45, 2.75) is 57.2 Å². The molecule has 0 bridgehead atoms. The summed E-state index contributed by atoms with van der Waals surface area (Å²) in [5.41, 5.74) is -0.453. The molecule has 6 nitrogen and oxygen atoms in total. The van der Waals surface area contributed by atoms with Gasteiger partial charge in [-0.05, 0) is 68.0 Å². The first-order valence-corrected chi connectivity index (χ1v) is 13.9. The largest absolute Gasteiger partial charge is 0.493 e. The lowest BCUT2D eigenvalue weighted by Gasteiger charge is -2.24.